The topological polar surface area (TPSA) is 23.5 Å². The molecule has 0 aliphatic carbocycles. The Balaban J connectivity index is 2.10. The molecule has 88 valence electrons. The lowest BCUT2D eigenvalue weighted by molar-refractivity contribution is 0.320. The van der Waals surface area contributed by atoms with Crippen LogP contribution in [0.4, 0.5) is 0 Å². The zero-order valence-electron chi connectivity index (χ0n) is 9.21. The Morgan fingerprint density at radius 3 is 2.50 bits per heavy atom. The van der Waals surface area contributed by atoms with Gasteiger partial charge in [-0.3, -0.25) is 4.90 Å². The second-order valence-electron chi connectivity index (χ2n) is 4.54. The molecule has 1 unspecified atom stereocenters. The van der Waals surface area contributed by atoms with Gasteiger partial charge < -0.3 is 5.11 Å². The van der Waals surface area contributed by atoms with Crippen molar-refractivity contribution in [1.29, 1.82) is 0 Å². The molecule has 1 aromatic carbocycles. The third-order valence-electron chi connectivity index (χ3n) is 2.99. The fourth-order valence-corrected chi connectivity index (χ4v) is 3.42. The van der Waals surface area contributed by atoms with Crippen molar-refractivity contribution in [1.82, 2.24) is 4.90 Å². The van der Waals surface area contributed by atoms with Crippen LogP contribution in [0.25, 0.3) is 0 Å². The van der Waals surface area contributed by atoms with Crippen LogP contribution in [0, 0.1) is 5.92 Å². The largest absolute Gasteiger partial charge is 0.506 e. The fourth-order valence-electron chi connectivity index (χ4n) is 2.14. The Kier molecular flexibility index (Phi) is 3.93. The average molecular weight is 349 g/mol. The van der Waals surface area contributed by atoms with Gasteiger partial charge in [-0.25, -0.2) is 0 Å². The molecule has 0 aromatic heterocycles. The Morgan fingerprint density at radius 2 is 2.00 bits per heavy atom. The van der Waals surface area contributed by atoms with Gasteiger partial charge in [0.2, 0.25) is 0 Å². The van der Waals surface area contributed by atoms with Gasteiger partial charge >= 0.3 is 0 Å². The van der Waals surface area contributed by atoms with Crippen LogP contribution in [0.1, 0.15) is 18.9 Å². The Labute approximate surface area is 113 Å². The molecule has 2 rings (SSSR count). The maximum absolute atomic E-state index is 9.63. The van der Waals surface area contributed by atoms with E-state index in [1.54, 1.807) is 0 Å². The number of nitrogens with zero attached hydrogens (tertiary/aromatic N) is 1. The highest BCUT2D eigenvalue weighted by Gasteiger charge is 2.19. The minimum absolute atomic E-state index is 0.276. The van der Waals surface area contributed by atoms with Crippen molar-refractivity contribution in [2.75, 3.05) is 13.1 Å². The smallest absolute Gasteiger partial charge is 0.143 e. The maximum Gasteiger partial charge on any atom is 0.143 e. The first-order valence-electron chi connectivity index (χ1n) is 5.45. The van der Waals surface area contributed by atoms with Gasteiger partial charge in [-0.15, -0.1) is 0 Å². The van der Waals surface area contributed by atoms with Crippen molar-refractivity contribution < 1.29 is 5.11 Å². The van der Waals surface area contributed by atoms with E-state index in [2.05, 4.69) is 43.7 Å². The van der Waals surface area contributed by atoms with Crippen molar-refractivity contribution in [3.8, 4) is 5.75 Å². The first-order valence-corrected chi connectivity index (χ1v) is 7.04. The minimum atomic E-state index is 0.276. The number of rotatable bonds is 2. The Hall–Kier alpha value is -0.0600. The van der Waals surface area contributed by atoms with Gasteiger partial charge in [0.15, 0.2) is 0 Å². The minimum Gasteiger partial charge on any atom is -0.506 e. The van der Waals surface area contributed by atoms with Gasteiger partial charge in [0.25, 0.3) is 0 Å². The predicted octanol–water partition coefficient (Wildman–Crippen LogP) is 3.76. The molecule has 1 heterocycles. The van der Waals surface area contributed by atoms with Crippen LogP contribution in [0.2, 0.25) is 0 Å². The average Bonchev–Trinajstić information content (AvgIpc) is 2.60. The molecule has 0 spiro atoms. The normalized spacial score (nSPS) is 21.6. The molecule has 0 saturated carbocycles. The fraction of sp³-hybridized carbons (Fsp3) is 0.500. The van der Waals surface area contributed by atoms with Crippen LogP contribution in [-0.4, -0.2) is 23.1 Å². The van der Waals surface area contributed by atoms with Crippen molar-refractivity contribution >= 4 is 31.9 Å². The lowest BCUT2D eigenvalue weighted by Crippen LogP contribution is -2.19. The van der Waals surface area contributed by atoms with Crippen LogP contribution < -0.4 is 0 Å². The first kappa shape index (κ1) is 12.4. The summed E-state index contributed by atoms with van der Waals surface area (Å²) < 4.78 is 1.51. The second-order valence-corrected chi connectivity index (χ2v) is 6.25. The summed E-state index contributed by atoms with van der Waals surface area (Å²) in [4.78, 5) is 2.45. The van der Waals surface area contributed by atoms with Crippen LogP contribution in [0.15, 0.2) is 21.1 Å². The van der Waals surface area contributed by atoms with Crippen molar-refractivity contribution in [3.63, 3.8) is 0 Å². The first-order chi connectivity index (χ1) is 7.56. The summed E-state index contributed by atoms with van der Waals surface area (Å²) in [7, 11) is 0. The summed E-state index contributed by atoms with van der Waals surface area (Å²) in [5, 5.41) is 9.63. The lowest BCUT2D eigenvalue weighted by Gasteiger charge is -2.16. The van der Waals surface area contributed by atoms with E-state index < -0.39 is 0 Å². The number of likely N-dealkylation sites (tertiary alicyclic amines) is 1. The van der Waals surface area contributed by atoms with Crippen LogP contribution in [-0.2, 0) is 6.54 Å². The molecule has 16 heavy (non-hydrogen) atoms. The van der Waals surface area contributed by atoms with Crippen molar-refractivity contribution in [3.05, 3.63) is 26.6 Å². The van der Waals surface area contributed by atoms with E-state index in [0.29, 0.717) is 0 Å². The molecular weight excluding hydrogens is 334 g/mol. The summed E-state index contributed by atoms with van der Waals surface area (Å²) in [5.41, 5.74) is 1.23. The molecule has 4 heteroatoms. The van der Waals surface area contributed by atoms with Gasteiger partial charge in [0.1, 0.15) is 5.75 Å². The molecule has 0 amide bonds. The zero-order chi connectivity index (χ0) is 11.7. The van der Waals surface area contributed by atoms with Crippen LogP contribution in [0.5, 0.6) is 5.75 Å². The van der Waals surface area contributed by atoms with E-state index in [1.807, 2.05) is 12.1 Å². The molecule has 0 bridgehead atoms. The molecule has 1 aromatic rings. The highest BCUT2D eigenvalue weighted by atomic mass is 79.9. The molecule has 1 N–H and O–H groups in total. The molecular formula is C12H15Br2NO. The summed E-state index contributed by atoms with van der Waals surface area (Å²) >= 11 is 6.72. The van der Waals surface area contributed by atoms with E-state index in [0.717, 1.165) is 21.4 Å². The lowest BCUT2D eigenvalue weighted by atomic mass is 10.2. The van der Waals surface area contributed by atoms with Crippen LogP contribution in [0.3, 0.4) is 0 Å². The third kappa shape index (κ3) is 2.79. The monoisotopic (exact) mass is 347 g/mol. The van der Waals surface area contributed by atoms with E-state index in [9.17, 15) is 5.11 Å². The van der Waals surface area contributed by atoms with E-state index >= 15 is 0 Å². The van der Waals surface area contributed by atoms with E-state index in [1.165, 1.54) is 25.1 Å². The molecule has 1 atom stereocenters. The number of halogens is 2. The number of hydrogen-bond donors (Lipinski definition) is 1. The summed E-state index contributed by atoms with van der Waals surface area (Å²) in [5.74, 6) is 1.09. The van der Waals surface area contributed by atoms with Gasteiger partial charge in [-0.1, -0.05) is 6.92 Å². The van der Waals surface area contributed by atoms with Crippen molar-refractivity contribution in [2.45, 2.75) is 19.9 Å². The number of phenolic OH excluding ortho intramolecular Hbond substituents is 1. The molecule has 2 nitrogen and oxygen atoms in total. The molecule has 0 radical (unpaired) electrons. The second kappa shape index (κ2) is 5.07. The van der Waals surface area contributed by atoms with E-state index in [4.69, 9.17) is 0 Å². The van der Waals surface area contributed by atoms with Gasteiger partial charge in [-0.05, 0) is 68.4 Å². The van der Waals surface area contributed by atoms with Gasteiger partial charge in [0, 0.05) is 13.1 Å². The molecule has 1 aliphatic heterocycles. The standard InChI is InChI=1S/C12H15Br2NO/c1-8-2-3-15(6-8)7-9-4-10(13)12(16)11(14)5-9/h4-5,8,16H,2-3,6-7H2,1H3. The summed E-state index contributed by atoms with van der Waals surface area (Å²) in [6, 6.07) is 3.98. The number of benzene rings is 1. The predicted molar refractivity (Wildman–Crippen MR) is 72.6 cm³/mol. The van der Waals surface area contributed by atoms with Gasteiger partial charge in [-0.2, -0.15) is 0 Å². The quantitative estimate of drug-likeness (QED) is 0.879. The number of aromatic hydroxyl groups is 1. The summed E-state index contributed by atoms with van der Waals surface area (Å²) in [6.07, 6.45) is 1.29. The molecule has 1 fully saturated rings. The van der Waals surface area contributed by atoms with Crippen molar-refractivity contribution in [2.24, 2.45) is 5.92 Å². The highest BCUT2D eigenvalue weighted by molar-refractivity contribution is 9.11. The molecule has 1 aliphatic rings. The highest BCUT2D eigenvalue weighted by Crippen LogP contribution is 2.34. The van der Waals surface area contributed by atoms with Crippen LogP contribution >= 0.6 is 31.9 Å². The molecule has 1 saturated heterocycles. The van der Waals surface area contributed by atoms with Gasteiger partial charge in [0.05, 0.1) is 8.95 Å². The summed E-state index contributed by atoms with van der Waals surface area (Å²) in [6.45, 7) is 5.61. The van der Waals surface area contributed by atoms with E-state index in [-0.39, 0.29) is 5.75 Å². The maximum atomic E-state index is 9.63. The number of hydrogen-bond acceptors (Lipinski definition) is 2. The SMILES string of the molecule is CC1CCN(Cc2cc(Br)c(O)c(Br)c2)C1. The Bertz CT molecular complexity index is 372. The number of phenols is 1. The third-order valence-corrected chi connectivity index (χ3v) is 4.20. The Morgan fingerprint density at radius 1 is 1.38 bits per heavy atom. The zero-order valence-corrected chi connectivity index (χ0v) is 12.4.